The second kappa shape index (κ2) is 10.3. The van der Waals surface area contributed by atoms with Gasteiger partial charge in [-0.2, -0.15) is 0 Å². The fraction of sp³-hybridized carbons (Fsp3) is 0.552. The van der Waals surface area contributed by atoms with Crippen LogP contribution in [0.25, 0.3) is 0 Å². The number of allylic oxidation sites excluding steroid dienone is 2. The number of piperazine rings is 1. The molecule has 1 atom stereocenters. The monoisotopic (exact) mass is 497 g/mol. The van der Waals surface area contributed by atoms with E-state index in [0.717, 1.165) is 43.0 Å². The number of carbonyl (C=O) groups is 1. The maximum absolute atomic E-state index is 16.0. The molecular formula is C29H40FN3O3. The molecule has 0 bridgehead atoms. The summed E-state index contributed by atoms with van der Waals surface area (Å²) in [6, 6.07) is 6.12. The van der Waals surface area contributed by atoms with Crippen molar-refractivity contribution >= 4 is 11.8 Å². The first kappa shape index (κ1) is 26.3. The van der Waals surface area contributed by atoms with Gasteiger partial charge in [0.2, 0.25) is 0 Å². The molecule has 3 aliphatic rings. The summed E-state index contributed by atoms with van der Waals surface area (Å²) in [4.78, 5) is 18.8. The lowest BCUT2D eigenvalue weighted by Crippen LogP contribution is -2.49. The smallest absolute Gasteiger partial charge is 0.410 e. The third-order valence-corrected chi connectivity index (χ3v) is 7.11. The van der Waals surface area contributed by atoms with Crippen molar-refractivity contribution in [2.75, 3.05) is 50.8 Å². The molecule has 4 rings (SSSR count). The second-order valence-corrected chi connectivity index (χ2v) is 11.0. The lowest BCUT2D eigenvalue weighted by atomic mass is 9.86. The van der Waals surface area contributed by atoms with Gasteiger partial charge in [-0.15, -0.1) is 0 Å². The number of amides is 1. The van der Waals surface area contributed by atoms with E-state index in [9.17, 15) is 4.79 Å². The van der Waals surface area contributed by atoms with E-state index < -0.39 is 11.3 Å². The first-order valence-corrected chi connectivity index (χ1v) is 12.9. The van der Waals surface area contributed by atoms with Gasteiger partial charge in [-0.1, -0.05) is 18.7 Å². The molecule has 36 heavy (non-hydrogen) atoms. The number of nitrogens with zero attached hydrogens (tertiary/aromatic N) is 3. The standard InChI is InChI=1S/C29H40FN3O3/c1-21(2)29(30)20-35-17-11-23-9-10-25(19-26(23)29)33-12-7-8-24(18-22(33)3)31-13-15-32(16-14-31)27(34)36-28(4,5)6/h8-10,18-19H,1,7,11-17,20H2,2-6H3. The predicted octanol–water partition coefficient (Wildman–Crippen LogP) is 5.55. The highest BCUT2D eigenvalue weighted by molar-refractivity contribution is 5.68. The summed E-state index contributed by atoms with van der Waals surface area (Å²) in [7, 11) is 0. The van der Waals surface area contributed by atoms with Crippen LogP contribution in [0.1, 0.15) is 52.2 Å². The molecule has 0 aliphatic carbocycles. The number of hydrogen-bond acceptors (Lipinski definition) is 5. The summed E-state index contributed by atoms with van der Waals surface area (Å²) in [5.74, 6) is 0. The number of ether oxygens (including phenoxy) is 2. The zero-order valence-corrected chi connectivity index (χ0v) is 22.4. The van der Waals surface area contributed by atoms with Crippen LogP contribution in [0.4, 0.5) is 14.9 Å². The third kappa shape index (κ3) is 5.61. The van der Waals surface area contributed by atoms with Crippen LogP contribution in [-0.2, 0) is 21.6 Å². The Bertz CT molecular complexity index is 1070. The normalized spacial score (nSPS) is 23.2. The molecule has 0 saturated carbocycles. The minimum Gasteiger partial charge on any atom is -0.444 e. The van der Waals surface area contributed by atoms with Gasteiger partial charge >= 0.3 is 6.09 Å². The first-order valence-electron chi connectivity index (χ1n) is 12.9. The van der Waals surface area contributed by atoms with Gasteiger partial charge < -0.3 is 24.2 Å². The molecule has 1 saturated heterocycles. The minimum absolute atomic E-state index is 0.00852. The van der Waals surface area contributed by atoms with Crippen molar-refractivity contribution in [3.05, 3.63) is 65.0 Å². The Morgan fingerprint density at radius 2 is 1.89 bits per heavy atom. The van der Waals surface area contributed by atoms with Crippen LogP contribution in [0, 0.1) is 0 Å². The Kier molecular flexibility index (Phi) is 7.51. The molecule has 0 aromatic heterocycles. The molecule has 1 fully saturated rings. The van der Waals surface area contributed by atoms with Gasteiger partial charge in [0.05, 0.1) is 13.2 Å². The highest BCUT2D eigenvalue weighted by Crippen LogP contribution is 2.40. The van der Waals surface area contributed by atoms with Crippen molar-refractivity contribution in [2.45, 2.75) is 58.7 Å². The fourth-order valence-corrected chi connectivity index (χ4v) is 5.04. The predicted molar refractivity (Wildman–Crippen MR) is 142 cm³/mol. The lowest BCUT2D eigenvalue weighted by Gasteiger charge is -2.37. The van der Waals surface area contributed by atoms with Crippen molar-refractivity contribution in [2.24, 2.45) is 0 Å². The van der Waals surface area contributed by atoms with E-state index in [-0.39, 0.29) is 12.7 Å². The quantitative estimate of drug-likeness (QED) is 0.513. The van der Waals surface area contributed by atoms with Crippen LogP contribution in [0.15, 0.2) is 53.9 Å². The number of halogens is 1. The molecule has 1 aromatic carbocycles. The number of carbonyl (C=O) groups excluding carboxylic acids is 1. The Hall–Kier alpha value is -2.80. The number of benzene rings is 1. The average molecular weight is 498 g/mol. The van der Waals surface area contributed by atoms with E-state index in [0.29, 0.717) is 37.3 Å². The maximum Gasteiger partial charge on any atom is 0.410 e. The van der Waals surface area contributed by atoms with E-state index in [4.69, 9.17) is 9.47 Å². The molecule has 0 N–H and O–H groups in total. The average Bonchev–Trinajstić information content (AvgIpc) is 3.12. The zero-order valence-electron chi connectivity index (χ0n) is 22.4. The van der Waals surface area contributed by atoms with E-state index in [1.54, 1.807) is 11.8 Å². The van der Waals surface area contributed by atoms with Crippen LogP contribution < -0.4 is 4.90 Å². The number of anilines is 1. The highest BCUT2D eigenvalue weighted by Gasteiger charge is 2.38. The molecule has 1 unspecified atom stereocenters. The zero-order chi connectivity index (χ0) is 26.1. The van der Waals surface area contributed by atoms with Crippen molar-refractivity contribution in [3.63, 3.8) is 0 Å². The maximum atomic E-state index is 16.0. The molecule has 0 spiro atoms. The SMILES string of the molecule is C=C(C)C1(F)COCCc2ccc(N3CCC=C(N4CCN(C(=O)OC(C)(C)C)CC4)C=C3C)cc21. The summed E-state index contributed by atoms with van der Waals surface area (Å²) >= 11 is 0. The van der Waals surface area contributed by atoms with Crippen LogP contribution >= 0.6 is 0 Å². The van der Waals surface area contributed by atoms with Gasteiger partial charge in [0, 0.05) is 55.4 Å². The topological polar surface area (TPSA) is 45.2 Å². The number of alkyl halides is 1. The number of fused-ring (bicyclic) bond motifs is 1. The van der Waals surface area contributed by atoms with Gasteiger partial charge in [0.25, 0.3) is 0 Å². The van der Waals surface area contributed by atoms with Crippen LogP contribution in [0.2, 0.25) is 0 Å². The van der Waals surface area contributed by atoms with Crippen LogP contribution in [-0.4, -0.2) is 67.4 Å². The summed E-state index contributed by atoms with van der Waals surface area (Å²) < 4.78 is 27.2. The molecule has 3 heterocycles. The van der Waals surface area contributed by atoms with E-state index in [1.165, 1.54) is 5.70 Å². The van der Waals surface area contributed by atoms with Crippen LogP contribution in [0.5, 0.6) is 0 Å². The van der Waals surface area contributed by atoms with Gasteiger partial charge in [0.15, 0.2) is 5.67 Å². The second-order valence-electron chi connectivity index (χ2n) is 11.0. The Labute approximate surface area is 215 Å². The molecule has 196 valence electrons. The van der Waals surface area contributed by atoms with Crippen molar-refractivity contribution in [1.82, 2.24) is 9.80 Å². The molecular weight excluding hydrogens is 457 g/mol. The highest BCUT2D eigenvalue weighted by atomic mass is 19.1. The Balaban J connectivity index is 1.49. The molecule has 3 aliphatic heterocycles. The third-order valence-electron chi connectivity index (χ3n) is 7.11. The van der Waals surface area contributed by atoms with E-state index in [2.05, 4.69) is 41.5 Å². The van der Waals surface area contributed by atoms with Crippen LogP contribution in [0.3, 0.4) is 0 Å². The molecule has 7 heteroatoms. The van der Waals surface area contributed by atoms with E-state index in [1.807, 2.05) is 32.9 Å². The molecule has 6 nitrogen and oxygen atoms in total. The largest absolute Gasteiger partial charge is 0.444 e. The Morgan fingerprint density at radius 3 is 2.56 bits per heavy atom. The summed E-state index contributed by atoms with van der Waals surface area (Å²) in [6.07, 6.45) is 5.78. The van der Waals surface area contributed by atoms with Crippen molar-refractivity contribution in [3.8, 4) is 0 Å². The lowest BCUT2D eigenvalue weighted by molar-refractivity contribution is 0.0171. The molecule has 1 aromatic rings. The Morgan fingerprint density at radius 1 is 1.17 bits per heavy atom. The molecule has 0 radical (unpaired) electrons. The first-order chi connectivity index (χ1) is 17.0. The van der Waals surface area contributed by atoms with Crippen molar-refractivity contribution < 1.29 is 18.7 Å². The summed E-state index contributed by atoms with van der Waals surface area (Å²) in [5, 5.41) is 0. The van der Waals surface area contributed by atoms with Gasteiger partial charge in [0.1, 0.15) is 5.60 Å². The van der Waals surface area contributed by atoms with Gasteiger partial charge in [-0.3, -0.25) is 0 Å². The number of rotatable bonds is 3. The van der Waals surface area contributed by atoms with E-state index >= 15 is 4.39 Å². The minimum atomic E-state index is -1.68. The fourth-order valence-electron chi connectivity index (χ4n) is 5.04. The molecule has 1 amide bonds. The van der Waals surface area contributed by atoms with Crippen molar-refractivity contribution in [1.29, 1.82) is 0 Å². The summed E-state index contributed by atoms with van der Waals surface area (Å²) in [6.45, 7) is 17.6. The van der Waals surface area contributed by atoms with Gasteiger partial charge in [-0.25, -0.2) is 9.18 Å². The van der Waals surface area contributed by atoms with Gasteiger partial charge in [-0.05, 0) is 76.8 Å². The summed E-state index contributed by atoms with van der Waals surface area (Å²) in [5.41, 5.74) is 3.23. The number of hydrogen-bond donors (Lipinski definition) is 0.